The maximum absolute atomic E-state index is 12.7. The highest BCUT2D eigenvalue weighted by atomic mass is 32.1. The number of para-hydroxylation sites is 1. The van der Waals surface area contributed by atoms with E-state index in [1.54, 1.807) is 11.3 Å². The molecule has 1 saturated heterocycles. The van der Waals surface area contributed by atoms with Crippen molar-refractivity contribution >= 4 is 17.2 Å². The van der Waals surface area contributed by atoms with E-state index in [0.717, 1.165) is 43.7 Å². The van der Waals surface area contributed by atoms with Crippen LogP contribution >= 0.6 is 11.3 Å². The Morgan fingerprint density at radius 3 is 2.81 bits per heavy atom. The van der Waals surface area contributed by atoms with Crippen molar-refractivity contribution < 1.29 is 9.53 Å². The summed E-state index contributed by atoms with van der Waals surface area (Å²) in [6, 6.07) is 12.0. The van der Waals surface area contributed by atoms with Gasteiger partial charge in [0.15, 0.2) is 0 Å². The van der Waals surface area contributed by atoms with Gasteiger partial charge in [0.2, 0.25) is 5.91 Å². The number of carbonyl (C=O) groups is 1. The van der Waals surface area contributed by atoms with E-state index in [9.17, 15) is 4.79 Å². The molecule has 2 N–H and O–H groups in total. The molecule has 1 spiro atoms. The molecule has 2 heterocycles. The summed E-state index contributed by atoms with van der Waals surface area (Å²) in [5.74, 6) is 1.09. The number of hydrogen-bond acceptors (Lipinski definition) is 4. The molecule has 26 heavy (non-hydrogen) atoms. The van der Waals surface area contributed by atoms with E-state index in [-0.39, 0.29) is 16.7 Å². The van der Waals surface area contributed by atoms with E-state index in [4.69, 9.17) is 4.74 Å². The van der Waals surface area contributed by atoms with Crippen LogP contribution in [0, 0.1) is 10.8 Å². The van der Waals surface area contributed by atoms with Crippen LogP contribution < -0.4 is 15.4 Å². The minimum Gasteiger partial charge on any atom is -0.489 e. The quantitative estimate of drug-likeness (QED) is 0.815. The zero-order valence-corrected chi connectivity index (χ0v) is 16.0. The third-order valence-electron chi connectivity index (χ3n) is 6.08. The van der Waals surface area contributed by atoms with Crippen molar-refractivity contribution in [2.75, 3.05) is 13.1 Å². The summed E-state index contributed by atoms with van der Waals surface area (Å²) < 4.78 is 5.78. The lowest BCUT2D eigenvalue weighted by Crippen LogP contribution is -2.38. The summed E-state index contributed by atoms with van der Waals surface area (Å²) >= 11 is 1.68. The second-order valence-corrected chi connectivity index (χ2v) is 8.74. The number of rotatable bonds is 6. The molecule has 0 radical (unpaired) electrons. The Bertz CT molecular complexity index is 767. The molecule has 2 aliphatic rings. The number of ether oxygens (including phenoxy) is 1. The van der Waals surface area contributed by atoms with Gasteiger partial charge in [-0.2, -0.15) is 0 Å². The first-order valence-corrected chi connectivity index (χ1v) is 10.2. The van der Waals surface area contributed by atoms with Crippen LogP contribution in [0.4, 0.5) is 0 Å². The van der Waals surface area contributed by atoms with Gasteiger partial charge in [-0.05, 0) is 61.3 Å². The summed E-state index contributed by atoms with van der Waals surface area (Å²) in [7, 11) is 0. The SMILES string of the molecule is CC1(C(=O)NCc2cc(COc3ccccc3)cs2)CC12CCNCC2. The molecule has 1 aliphatic carbocycles. The Labute approximate surface area is 159 Å². The van der Waals surface area contributed by atoms with Crippen LogP contribution in [0.15, 0.2) is 41.8 Å². The molecule has 1 aromatic carbocycles. The smallest absolute Gasteiger partial charge is 0.226 e. The normalized spacial score (nSPS) is 23.6. The molecule has 1 unspecified atom stereocenters. The van der Waals surface area contributed by atoms with Crippen molar-refractivity contribution in [3.8, 4) is 5.75 Å². The Morgan fingerprint density at radius 1 is 1.27 bits per heavy atom. The molecular formula is C21H26N2O2S. The number of amides is 1. The van der Waals surface area contributed by atoms with Crippen LogP contribution in [0.1, 0.15) is 36.6 Å². The van der Waals surface area contributed by atoms with Gasteiger partial charge in [-0.15, -0.1) is 11.3 Å². The number of piperidine rings is 1. The van der Waals surface area contributed by atoms with Gasteiger partial charge in [-0.3, -0.25) is 4.79 Å². The molecule has 0 bridgehead atoms. The third kappa shape index (κ3) is 3.38. The lowest BCUT2D eigenvalue weighted by molar-refractivity contribution is -0.127. The van der Waals surface area contributed by atoms with E-state index < -0.39 is 0 Å². The molecule has 1 aliphatic heterocycles. The highest BCUT2D eigenvalue weighted by Gasteiger charge is 2.67. The van der Waals surface area contributed by atoms with Crippen LogP contribution in [0.5, 0.6) is 5.75 Å². The molecule has 2 fully saturated rings. The van der Waals surface area contributed by atoms with Crippen molar-refractivity contribution in [2.24, 2.45) is 10.8 Å². The lowest BCUT2D eigenvalue weighted by Gasteiger charge is -2.27. The topological polar surface area (TPSA) is 50.4 Å². The molecule has 1 amide bonds. The first kappa shape index (κ1) is 17.6. The number of thiophene rings is 1. The molecular weight excluding hydrogens is 344 g/mol. The van der Waals surface area contributed by atoms with E-state index in [1.807, 2.05) is 30.3 Å². The number of nitrogens with one attached hydrogen (secondary N) is 2. The molecule has 4 rings (SSSR count). The maximum atomic E-state index is 12.7. The average Bonchev–Trinajstić information content (AvgIpc) is 3.04. The molecule has 5 heteroatoms. The van der Waals surface area contributed by atoms with Gasteiger partial charge < -0.3 is 15.4 Å². The summed E-state index contributed by atoms with van der Waals surface area (Å²) in [5, 5.41) is 8.68. The minimum atomic E-state index is -0.175. The Kier molecular flexibility index (Phi) is 4.76. The highest BCUT2D eigenvalue weighted by Crippen LogP contribution is 2.68. The van der Waals surface area contributed by atoms with Crippen molar-refractivity contribution in [3.63, 3.8) is 0 Å². The first-order valence-electron chi connectivity index (χ1n) is 9.35. The standard InChI is InChI=1S/C21H26N2O2S/c1-20(15-21(20)7-9-22-10-8-21)19(24)23-12-18-11-16(14-26-18)13-25-17-5-3-2-4-6-17/h2-6,11,14,22H,7-10,12-13,15H2,1H3,(H,23,24). The van der Waals surface area contributed by atoms with Crippen LogP contribution in [0.3, 0.4) is 0 Å². The summed E-state index contributed by atoms with van der Waals surface area (Å²) in [4.78, 5) is 13.9. The van der Waals surface area contributed by atoms with Crippen molar-refractivity contribution in [2.45, 2.75) is 39.3 Å². The Morgan fingerprint density at radius 2 is 2.04 bits per heavy atom. The van der Waals surface area contributed by atoms with Gasteiger partial charge in [0.25, 0.3) is 0 Å². The Balaban J connectivity index is 1.27. The average molecular weight is 371 g/mol. The zero-order valence-electron chi connectivity index (χ0n) is 15.2. The largest absolute Gasteiger partial charge is 0.489 e. The predicted molar refractivity (Wildman–Crippen MR) is 104 cm³/mol. The molecule has 2 aromatic rings. The summed E-state index contributed by atoms with van der Waals surface area (Å²) in [6.07, 6.45) is 3.28. The number of carbonyl (C=O) groups excluding carboxylic acids is 1. The fourth-order valence-electron chi connectivity index (χ4n) is 4.23. The first-order chi connectivity index (χ1) is 12.6. The van der Waals surface area contributed by atoms with E-state index in [0.29, 0.717) is 13.2 Å². The molecule has 1 atom stereocenters. The summed E-state index contributed by atoms with van der Waals surface area (Å²) in [5.41, 5.74) is 1.22. The van der Waals surface area contributed by atoms with Crippen molar-refractivity contribution in [1.82, 2.24) is 10.6 Å². The van der Waals surface area contributed by atoms with E-state index in [1.165, 1.54) is 4.88 Å². The molecule has 4 nitrogen and oxygen atoms in total. The van der Waals surface area contributed by atoms with Gasteiger partial charge in [-0.25, -0.2) is 0 Å². The van der Waals surface area contributed by atoms with Crippen LogP contribution in [0.25, 0.3) is 0 Å². The number of hydrogen-bond donors (Lipinski definition) is 2. The minimum absolute atomic E-state index is 0.175. The number of benzene rings is 1. The fourth-order valence-corrected chi connectivity index (χ4v) is 5.04. The fraction of sp³-hybridized carbons (Fsp3) is 0.476. The van der Waals surface area contributed by atoms with E-state index >= 15 is 0 Å². The van der Waals surface area contributed by atoms with Crippen molar-refractivity contribution in [1.29, 1.82) is 0 Å². The van der Waals surface area contributed by atoms with E-state index in [2.05, 4.69) is 29.0 Å². The second-order valence-electron chi connectivity index (χ2n) is 7.74. The highest BCUT2D eigenvalue weighted by molar-refractivity contribution is 7.10. The maximum Gasteiger partial charge on any atom is 0.226 e. The van der Waals surface area contributed by atoms with Crippen LogP contribution in [-0.2, 0) is 17.9 Å². The van der Waals surface area contributed by atoms with Gasteiger partial charge in [0.05, 0.1) is 12.0 Å². The van der Waals surface area contributed by atoms with Crippen molar-refractivity contribution in [3.05, 3.63) is 52.2 Å². The summed E-state index contributed by atoms with van der Waals surface area (Å²) in [6.45, 7) is 5.39. The van der Waals surface area contributed by atoms with Gasteiger partial charge in [0.1, 0.15) is 12.4 Å². The van der Waals surface area contributed by atoms with Gasteiger partial charge in [-0.1, -0.05) is 25.1 Å². The predicted octanol–water partition coefficient (Wildman–Crippen LogP) is 3.72. The molecule has 1 aromatic heterocycles. The van der Waals surface area contributed by atoms with Crippen LogP contribution in [0.2, 0.25) is 0 Å². The third-order valence-corrected chi connectivity index (χ3v) is 7.06. The zero-order chi connectivity index (χ0) is 18.0. The van der Waals surface area contributed by atoms with Gasteiger partial charge >= 0.3 is 0 Å². The lowest BCUT2D eigenvalue weighted by atomic mass is 9.85. The Hall–Kier alpha value is -1.85. The molecule has 138 valence electrons. The molecule has 1 saturated carbocycles. The van der Waals surface area contributed by atoms with Crippen LogP contribution in [-0.4, -0.2) is 19.0 Å². The second kappa shape index (κ2) is 7.05. The monoisotopic (exact) mass is 370 g/mol. The van der Waals surface area contributed by atoms with Gasteiger partial charge in [0, 0.05) is 10.4 Å².